The lowest BCUT2D eigenvalue weighted by Gasteiger charge is -2.34. The van der Waals surface area contributed by atoms with Crippen LogP contribution in [0, 0.1) is 0 Å². The van der Waals surface area contributed by atoms with Crippen LogP contribution in [0.3, 0.4) is 0 Å². The number of aldehydes is 1. The van der Waals surface area contributed by atoms with Gasteiger partial charge in [-0.25, -0.2) is 0 Å². The number of nitrogens with zero attached hydrogens (tertiary/aromatic N) is 1. The number of halogens is 1. The Balaban J connectivity index is 1.35. The second kappa shape index (κ2) is 9.25. The Morgan fingerprint density at radius 1 is 0.931 bits per heavy atom. The number of carbonyl (C=O) groups excluding carboxylic acids is 1. The number of nitrogens with one attached hydrogen (secondary N) is 1. The molecule has 3 aromatic rings. The summed E-state index contributed by atoms with van der Waals surface area (Å²) < 4.78 is 0. The first kappa shape index (κ1) is 19.7. The van der Waals surface area contributed by atoms with E-state index in [4.69, 9.17) is 11.6 Å². The van der Waals surface area contributed by atoms with E-state index in [2.05, 4.69) is 46.6 Å². The number of piperidine rings is 1. The molecule has 1 aliphatic rings. The fraction of sp³-hybridized carbons (Fsp3) is 0.240. The van der Waals surface area contributed by atoms with Gasteiger partial charge < -0.3 is 10.2 Å². The maximum Gasteiger partial charge on any atom is 0.150 e. The standard InChI is InChI=1S/C25H25ClN2O/c26-22-9-7-20(8-10-22)25-4-2-1-3-21(25)17-27-23-13-15-28(16-14-23)24-11-5-19(18-29)6-12-24/h1-12,18,23,27H,13-17H2. The zero-order chi connectivity index (χ0) is 20.1. The molecule has 3 nitrogen and oxygen atoms in total. The SMILES string of the molecule is O=Cc1ccc(N2CCC(NCc3ccccc3-c3ccc(Cl)cc3)CC2)cc1. The summed E-state index contributed by atoms with van der Waals surface area (Å²) in [5.74, 6) is 0. The Kier molecular flexibility index (Phi) is 6.28. The predicted octanol–water partition coefficient (Wildman–Crippen LogP) is 5.58. The van der Waals surface area contributed by atoms with Crippen molar-refractivity contribution in [3.63, 3.8) is 0 Å². The topological polar surface area (TPSA) is 32.3 Å². The molecule has 29 heavy (non-hydrogen) atoms. The van der Waals surface area contributed by atoms with Gasteiger partial charge in [0.2, 0.25) is 0 Å². The highest BCUT2D eigenvalue weighted by Crippen LogP contribution is 2.26. The molecule has 1 saturated heterocycles. The highest BCUT2D eigenvalue weighted by atomic mass is 35.5. The molecule has 0 bridgehead atoms. The second-order valence-corrected chi connectivity index (χ2v) is 7.95. The summed E-state index contributed by atoms with van der Waals surface area (Å²) in [6, 6.07) is 25.0. The molecular weight excluding hydrogens is 380 g/mol. The maximum atomic E-state index is 10.8. The van der Waals surface area contributed by atoms with E-state index in [1.807, 2.05) is 36.4 Å². The number of carbonyl (C=O) groups is 1. The van der Waals surface area contributed by atoms with Crippen LogP contribution in [-0.2, 0) is 6.54 Å². The van der Waals surface area contributed by atoms with E-state index in [0.717, 1.165) is 49.3 Å². The zero-order valence-corrected chi connectivity index (χ0v) is 17.1. The lowest BCUT2D eigenvalue weighted by Crippen LogP contribution is -2.42. The lowest BCUT2D eigenvalue weighted by molar-refractivity contribution is 0.112. The molecule has 3 aromatic carbocycles. The highest BCUT2D eigenvalue weighted by molar-refractivity contribution is 6.30. The summed E-state index contributed by atoms with van der Waals surface area (Å²) in [5, 5.41) is 4.51. The number of benzene rings is 3. The molecule has 148 valence electrons. The molecule has 0 spiro atoms. The van der Waals surface area contributed by atoms with E-state index in [0.29, 0.717) is 6.04 Å². The van der Waals surface area contributed by atoms with Crippen molar-refractivity contribution < 1.29 is 4.79 Å². The van der Waals surface area contributed by atoms with E-state index in [1.54, 1.807) is 0 Å². The van der Waals surface area contributed by atoms with Crippen LogP contribution in [-0.4, -0.2) is 25.4 Å². The molecule has 0 unspecified atom stereocenters. The summed E-state index contributed by atoms with van der Waals surface area (Å²) in [4.78, 5) is 13.2. The van der Waals surface area contributed by atoms with Crippen LogP contribution in [0.2, 0.25) is 5.02 Å². The molecule has 1 heterocycles. The molecule has 4 rings (SSSR count). The van der Waals surface area contributed by atoms with Gasteiger partial charge in [0.15, 0.2) is 0 Å². The van der Waals surface area contributed by atoms with Gasteiger partial charge >= 0.3 is 0 Å². The summed E-state index contributed by atoms with van der Waals surface area (Å²) >= 11 is 6.04. The third kappa shape index (κ3) is 4.87. The van der Waals surface area contributed by atoms with Gasteiger partial charge in [-0.05, 0) is 65.9 Å². The van der Waals surface area contributed by atoms with Gasteiger partial charge in [-0.15, -0.1) is 0 Å². The Hall–Kier alpha value is -2.62. The van der Waals surface area contributed by atoms with Gasteiger partial charge in [0.25, 0.3) is 0 Å². The molecule has 4 heteroatoms. The van der Waals surface area contributed by atoms with Gasteiger partial charge in [0.1, 0.15) is 6.29 Å². The third-order valence-corrected chi connectivity index (χ3v) is 5.90. The maximum absolute atomic E-state index is 10.8. The van der Waals surface area contributed by atoms with Gasteiger partial charge in [-0.2, -0.15) is 0 Å². The van der Waals surface area contributed by atoms with Crippen LogP contribution < -0.4 is 10.2 Å². The Morgan fingerprint density at radius 2 is 1.62 bits per heavy atom. The van der Waals surface area contributed by atoms with E-state index in [-0.39, 0.29) is 0 Å². The van der Waals surface area contributed by atoms with Crippen molar-refractivity contribution in [1.82, 2.24) is 5.32 Å². The van der Waals surface area contributed by atoms with Gasteiger partial charge in [0, 0.05) is 41.9 Å². The fourth-order valence-corrected chi connectivity index (χ4v) is 4.07. The van der Waals surface area contributed by atoms with Crippen molar-refractivity contribution in [2.24, 2.45) is 0 Å². The Labute approximate surface area is 177 Å². The van der Waals surface area contributed by atoms with Crippen LogP contribution in [0.4, 0.5) is 5.69 Å². The molecular formula is C25H25ClN2O. The molecule has 0 saturated carbocycles. The molecule has 0 amide bonds. The average molecular weight is 405 g/mol. The first-order valence-corrected chi connectivity index (χ1v) is 10.5. The van der Waals surface area contributed by atoms with Crippen molar-refractivity contribution in [2.45, 2.75) is 25.4 Å². The van der Waals surface area contributed by atoms with E-state index in [1.165, 1.54) is 22.4 Å². The van der Waals surface area contributed by atoms with Gasteiger partial charge in [0.05, 0.1) is 0 Å². The zero-order valence-electron chi connectivity index (χ0n) is 16.4. The average Bonchev–Trinajstić information content (AvgIpc) is 2.79. The van der Waals surface area contributed by atoms with Crippen LogP contribution in [0.25, 0.3) is 11.1 Å². The molecule has 0 atom stereocenters. The van der Waals surface area contributed by atoms with Crippen LogP contribution >= 0.6 is 11.6 Å². The van der Waals surface area contributed by atoms with Crippen molar-refractivity contribution in [2.75, 3.05) is 18.0 Å². The van der Waals surface area contributed by atoms with Crippen molar-refractivity contribution in [1.29, 1.82) is 0 Å². The third-order valence-electron chi connectivity index (χ3n) is 5.64. The second-order valence-electron chi connectivity index (χ2n) is 7.52. The first-order valence-electron chi connectivity index (χ1n) is 10.1. The van der Waals surface area contributed by atoms with Gasteiger partial charge in [-0.1, -0.05) is 48.0 Å². The Morgan fingerprint density at radius 3 is 2.31 bits per heavy atom. The van der Waals surface area contributed by atoms with E-state index in [9.17, 15) is 4.79 Å². The first-order chi connectivity index (χ1) is 14.2. The fourth-order valence-electron chi connectivity index (χ4n) is 3.95. The summed E-state index contributed by atoms with van der Waals surface area (Å²) in [7, 11) is 0. The largest absolute Gasteiger partial charge is 0.371 e. The minimum absolute atomic E-state index is 0.513. The smallest absolute Gasteiger partial charge is 0.150 e. The monoisotopic (exact) mass is 404 g/mol. The molecule has 0 radical (unpaired) electrons. The number of hydrogen-bond donors (Lipinski definition) is 1. The number of rotatable bonds is 6. The van der Waals surface area contributed by atoms with Crippen LogP contribution in [0.1, 0.15) is 28.8 Å². The normalized spacial score (nSPS) is 14.7. The summed E-state index contributed by atoms with van der Waals surface area (Å²) in [6.07, 6.45) is 3.11. The highest BCUT2D eigenvalue weighted by Gasteiger charge is 2.19. The Bertz CT molecular complexity index is 945. The van der Waals surface area contributed by atoms with E-state index < -0.39 is 0 Å². The molecule has 1 aliphatic heterocycles. The minimum Gasteiger partial charge on any atom is -0.371 e. The van der Waals surface area contributed by atoms with Crippen LogP contribution in [0.5, 0.6) is 0 Å². The molecule has 1 fully saturated rings. The summed E-state index contributed by atoms with van der Waals surface area (Å²) in [6.45, 7) is 2.91. The van der Waals surface area contributed by atoms with E-state index >= 15 is 0 Å². The van der Waals surface area contributed by atoms with Gasteiger partial charge in [-0.3, -0.25) is 4.79 Å². The molecule has 0 aromatic heterocycles. The van der Waals surface area contributed by atoms with Crippen molar-refractivity contribution in [3.8, 4) is 11.1 Å². The van der Waals surface area contributed by atoms with Crippen LogP contribution in [0.15, 0.2) is 72.8 Å². The lowest BCUT2D eigenvalue weighted by atomic mass is 9.98. The molecule has 0 aliphatic carbocycles. The number of hydrogen-bond acceptors (Lipinski definition) is 3. The van der Waals surface area contributed by atoms with Crippen molar-refractivity contribution in [3.05, 3.63) is 88.9 Å². The quantitative estimate of drug-likeness (QED) is 0.544. The van der Waals surface area contributed by atoms with Crippen molar-refractivity contribution >= 4 is 23.6 Å². The number of anilines is 1. The predicted molar refractivity (Wildman–Crippen MR) is 121 cm³/mol. The summed E-state index contributed by atoms with van der Waals surface area (Å²) in [5.41, 5.74) is 5.68. The molecule has 1 N–H and O–H groups in total. The minimum atomic E-state index is 0.513.